The molecule has 35 heavy (non-hydrogen) atoms. The molecule has 10 heteroatoms. The number of amides is 1. The van der Waals surface area contributed by atoms with E-state index in [2.05, 4.69) is 36.7 Å². The Hall–Kier alpha value is -3.53. The van der Waals surface area contributed by atoms with Gasteiger partial charge in [-0.05, 0) is 37.5 Å². The van der Waals surface area contributed by atoms with Crippen molar-refractivity contribution >= 4 is 11.7 Å². The molecule has 2 saturated heterocycles. The van der Waals surface area contributed by atoms with Crippen LogP contribution in [0.4, 0.5) is 10.2 Å². The van der Waals surface area contributed by atoms with Crippen molar-refractivity contribution in [2.24, 2.45) is 0 Å². The summed E-state index contributed by atoms with van der Waals surface area (Å²) in [6.45, 7) is 6.19. The fourth-order valence-corrected chi connectivity index (χ4v) is 5.16. The molecule has 2 aliphatic heterocycles. The highest BCUT2D eigenvalue weighted by atomic mass is 19.1. The average molecular weight is 480 g/mol. The number of carbonyl (C=O) groups excluding carboxylic acids is 1. The molecule has 3 aromatic rings. The normalized spacial score (nSPS) is 19.8. The van der Waals surface area contributed by atoms with Crippen LogP contribution >= 0.6 is 0 Å². The van der Waals surface area contributed by atoms with Crippen LogP contribution in [0.2, 0.25) is 0 Å². The highest BCUT2D eigenvalue weighted by molar-refractivity contribution is 5.94. The third-order valence-corrected chi connectivity index (χ3v) is 7.12. The molecule has 184 valence electrons. The van der Waals surface area contributed by atoms with Crippen LogP contribution in [0.15, 0.2) is 43.0 Å². The molecule has 9 nitrogen and oxygen atoms in total. The number of anilines is 1. The molecule has 5 rings (SSSR count). The summed E-state index contributed by atoms with van der Waals surface area (Å²) in [6, 6.07) is 4.63. The number of nitrogens with zero attached hydrogens (tertiary/aromatic N) is 6. The zero-order valence-corrected chi connectivity index (χ0v) is 19.8. The molecule has 2 fully saturated rings. The molecule has 0 saturated carbocycles. The molecular formula is C25H30FN7O2. The Balaban J connectivity index is 1.18. The second-order valence-electron chi connectivity index (χ2n) is 9.13. The van der Waals surface area contributed by atoms with Crippen LogP contribution < -0.4 is 4.90 Å². The molecule has 2 N–H and O–H groups in total. The van der Waals surface area contributed by atoms with Crippen LogP contribution in [-0.4, -0.2) is 85.6 Å². The minimum absolute atomic E-state index is 0.184. The predicted octanol–water partition coefficient (Wildman–Crippen LogP) is 2.92. The van der Waals surface area contributed by atoms with E-state index in [1.807, 2.05) is 6.20 Å². The molecule has 0 spiro atoms. The molecule has 4 heterocycles. The molecule has 2 aromatic heterocycles. The number of piperazine rings is 1. The number of phenolic OH excluding ortho intramolecular Hbond substituents is 1. The van der Waals surface area contributed by atoms with Crippen molar-refractivity contribution in [3.05, 3.63) is 54.4 Å². The van der Waals surface area contributed by atoms with Crippen molar-refractivity contribution in [3.63, 3.8) is 0 Å². The first-order valence-corrected chi connectivity index (χ1v) is 12.1. The lowest BCUT2D eigenvalue weighted by Gasteiger charge is -2.47. The molecule has 1 unspecified atom stereocenters. The van der Waals surface area contributed by atoms with E-state index in [0.29, 0.717) is 31.0 Å². The third-order valence-electron chi connectivity index (χ3n) is 7.12. The first-order valence-electron chi connectivity index (χ1n) is 12.1. The number of halogens is 1. The monoisotopic (exact) mass is 479 g/mol. The molecule has 1 atom stereocenters. The van der Waals surface area contributed by atoms with Gasteiger partial charge in [0.1, 0.15) is 11.5 Å². The Bertz CT molecular complexity index is 1150. The Morgan fingerprint density at radius 1 is 1.14 bits per heavy atom. The zero-order chi connectivity index (χ0) is 24.4. The predicted molar refractivity (Wildman–Crippen MR) is 130 cm³/mol. The quantitative estimate of drug-likeness (QED) is 0.580. The molecule has 0 radical (unpaired) electrons. The highest BCUT2D eigenvalue weighted by Crippen LogP contribution is 2.27. The van der Waals surface area contributed by atoms with Crippen molar-refractivity contribution in [2.45, 2.75) is 38.3 Å². The number of rotatable bonds is 5. The lowest BCUT2D eigenvalue weighted by Crippen LogP contribution is -2.58. The van der Waals surface area contributed by atoms with Gasteiger partial charge in [-0.15, -0.1) is 0 Å². The second-order valence-corrected chi connectivity index (χ2v) is 9.13. The second kappa shape index (κ2) is 9.99. The van der Waals surface area contributed by atoms with Gasteiger partial charge in [-0.25, -0.2) is 19.3 Å². The maximum absolute atomic E-state index is 13.7. The Labute approximate surface area is 203 Å². The minimum atomic E-state index is -0.769. The standard InChI is InChI=1S/C25H30FN7O2/c1-2-18-16-32(23-15-29-21(14-30-23)24-27-7-8-28-24)11-12-33(18)19-5-9-31(10-6-19)25(35)17-3-4-22(34)20(26)13-17/h3-4,7-8,13-15,18-19,34H,2,5-6,9-12,16H2,1H3,(H,27,28). The lowest BCUT2D eigenvalue weighted by atomic mass is 9.97. The van der Waals surface area contributed by atoms with Crippen LogP contribution in [0.5, 0.6) is 5.75 Å². The number of piperidine rings is 1. The molecule has 2 aliphatic rings. The summed E-state index contributed by atoms with van der Waals surface area (Å²) in [6.07, 6.45) is 9.85. The number of aromatic nitrogens is 4. The summed E-state index contributed by atoms with van der Waals surface area (Å²) in [4.78, 5) is 35.9. The van der Waals surface area contributed by atoms with E-state index in [1.54, 1.807) is 23.5 Å². The average Bonchev–Trinajstić information content (AvgIpc) is 3.45. The molecular weight excluding hydrogens is 449 g/mol. The van der Waals surface area contributed by atoms with E-state index >= 15 is 0 Å². The lowest BCUT2D eigenvalue weighted by molar-refractivity contribution is 0.0490. The van der Waals surface area contributed by atoms with E-state index < -0.39 is 11.6 Å². The van der Waals surface area contributed by atoms with Crippen molar-refractivity contribution in [1.29, 1.82) is 0 Å². The summed E-state index contributed by atoms with van der Waals surface area (Å²) < 4.78 is 13.7. The van der Waals surface area contributed by atoms with Gasteiger partial charge in [0.15, 0.2) is 17.4 Å². The van der Waals surface area contributed by atoms with E-state index in [-0.39, 0.29) is 11.5 Å². The molecule has 0 bridgehead atoms. The van der Waals surface area contributed by atoms with Crippen LogP contribution in [0, 0.1) is 5.82 Å². The SMILES string of the molecule is CCC1CN(c2cnc(-c3ncc[nH]3)cn2)CCN1C1CCN(C(=O)c2ccc(O)c(F)c2)CC1. The highest BCUT2D eigenvalue weighted by Gasteiger charge is 2.34. The van der Waals surface area contributed by atoms with E-state index in [1.165, 1.54) is 12.1 Å². The Morgan fingerprint density at radius 2 is 1.97 bits per heavy atom. The topological polar surface area (TPSA) is 101 Å². The number of nitrogens with one attached hydrogen (secondary N) is 1. The van der Waals surface area contributed by atoms with Gasteiger partial charge in [-0.2, -0.15) is 0 Å². The number of imidazole rings is 1. The summed E-state index contributed by atoms with van der Waals surface area (Å²) in [5, 5.41) is 9.39. The number of likely N-dealkylation sites (tertiary alicyclic amines) is 1. The van der Waals surface area contributed by atoms with Gasteiger partial charge in [0.05, 0.1) is 12.4 Å². The van der Waals surface area contributed by atoms with E-state index in [0.717, 1.165) is 56.5 Å². The van der Waals surface area contributed by atoms with Crippen molar-refractivity contribution in [3.8, 4) is 17.3 Å². The summed E-state index contributed by atoms with van der Waals surface area (Å²) >= 11 is 0. The number of hydrogen-bond donors (Lipinski definition) is 2. The first kappa shape index (κ1) is 23.2. The summed E-state index contributed by atoms with van der Waals surface area (Å²) in [7, 11) is 0. The number of aromatic hydroxyl groups is 1. The fourth-order valence-electron chi connectivity index (χ4n) is 5.16. The van der Waals surface area contributed by atoms with Crippen LogP contribution in [0.25, 0.3) is 11.5 Å². The van der Waals surface area contributed by atoms with Gasteiger partial charge in [0, 0.05) is 62.8 Å². The zero-order valence-electron chi connectivity index (χ0n) is 19.8. The van der Waals surface area contributed by atoms with Crippen molar-refractivity contribution in [2.75, 3.05) is 37.6 Å². The molecule has 1 amide bonds. The van der Waals surface area contributed by atoms with Gasteiger partial charge in [-0.1, -0.05) is 6.92 Å². The first-order chi connectivity index (χ1) is 17.0. The number of carbonyl (C=O) groups is 1. The minimum Gasteiger partial charge on any atom is -0.505 e. The van der Waals surface area contributed by atoms with Crippen molar-refractivity contribution in [1.82, 2.24) is 29.7 Å². The van der Waals surface area contributed by atoms with Gasteiger partial charge < -0.3 is 19.9 Å². The van der Waals surface area contributed by atoms with Crippen molar-refractivity contribution < 1.29 is 14.3 Å². The van der Waals surface area contributed by atoms with Crippen LogP contribution in [-0.2, 0) is 0 Å². The van der Waals surface area contributed by atoms with Crippen LogP contribution in [0.1, 0.15) is 36.5 Å². The molecule has 1 aromatic carbocycles. The third kappa shape index (κ3) is 4.84. The smallest absolute Gasteiger partial charge is 0.253 e. The molecule has 0 aliphatic carbocycles. The van der Waals surface area contributed by atoms with Gasteiger partial charge >= 0.3 is 0 Å². The van der Waals surface area contributed by atoms with E-state index in [4.69, 9.17) is 0 Å². The maximum Gasteiger partial charge on any atom is 0.253 e. The number of hydrogen-bond acceptors (Lipinski definition) is 7. The van der Waals surface area contributed by atoms with Gasteiger partial charge in [0.2, 0.25) is 0 Å². The maximum atomic E-state index is 13.7. The van der Waals surface area contributed by atoms with Gasteiger partial charge in [0.25, 0.3) is 5.91 Å². The Morgan fingerprint density at radius 3 is 2.63 bits per heavy atom. The number of H-pyrrole nitrogens is 1. The number of aromatic amines is 1. The number of phenols is 1. The van der Waals surface area contributed by atoms with E-state index in [9.17, 15) is 14.3 Å². The van der Waals surface area contributed by atoms with Crippen LogP contribution in [0.3, 0.4) is 0 Å². The fraction of sp³-hybridized carbons (Fsp3) is 0.440. The number of benzene rings is 1. The summed E-state index contributed by atoms with van der Waals surface area (Å²) in [5.41, 5.74) is 0.999. The van der Waals surface area contributed by atoms with Gasteiger partial charge in [-0.3, -0.25) is 9.69 Å². The summed E-state index contributed by atoms with van der Waals surface area (Å²) in [5.74, 6) is 0.190. The Kier molecular flexibility index (Phi) is 6.63. The largest absolute Gasteiger partial charge is 0.505 e.